The minimum atomic E-state index is 0.503. The van der Waals surface area contributed by atoms with Crippen molar-refractivity contribution in [2.75, 3.05) is 32.0 Å². The zero-order valence-corrected chi connectivity index (χ0v) is 10.2. The van der Waals surface area contributed by atoms with Gasteiger partial charge in [0.05, 0.1) is 25.4 Å². The van der Waals surface area contributed by atoms with Gasteiger partial charge < -0.3 is 20.5 Å². The maximum atomic E-state index is 5.46. The lowest BCUT2D eigenvalue weighted by atomic mass is 10.2. The van der Waals surface area contributed by atoms with Gasteiger partial charge in [0.25, 0.3) is 0 Å². The third-order valence-electron chi connectivity index (χ3n) is 2.59. The van der Waals surface area contributed by atoms with E-state index in [1.165, 1.54) is 5.56 Å². The van der Waals surface area contributed by atoms with Crippen LogP contribution in [-0.4, -0.2) is 38.5 Å². The first kappa shape index (κ1) is 12.4. The molecule has 0 spiro atoms. The largest absolute Gasteiger partial charge is 0.399 e. The number of hydrogen-bond donors (Lipinski definition) is 2. The standard InChI is InChI=1S/C7H9N.C6H11NO2/c1-6-3-2-4-7(8)5-6;1(5-3-8-5)7-2-6-4-9-6/h2-5H,8H2,1H3;5-7H,1-4H2. The van der Waals surface area contributed by atoms with Gasteiger partial charge in [-0.3, -0.25) is 0 Å². The highest BCUT2D eigenvalue weighted by molar-refractivity contribution is 5.39. The zero-order valence-electron chi connectivity index (χ0n) is 10.2. The lowest BCUT2D eigenvalue weighted by Crippen LogP contribution is -2.24. The molecule has 0 saturated carbocycles. The monoisotopic (exact) mass is 236 g/mol. The number of rotatable bonds is 4. The number of nitrogen functional groups attached to an aromatic ring is 1. The minimum Gasteiger partial charge on any atom is -0.399 e. The Labute approximate surface area is 102 Å². The molecule has 0 bridgehead atoms. The molecule has 4 nitrogen and oxygen atoms in total. The summed E-state index contributed by atoms with van der Waals surface area (Å²) in [4.78, 5) is 0. The molecule has 17 heavy (non-hydrogen) atoms. The van der Waals surface area contributed by atoms with Crippen molar-refractivity contribution >= 4 is 5.69 Å². The van der Waals surface area contributed by atoms with E-state index in [9.17, 15) is 0 Å². The van der Waals surface area contributed by atoms with E-state index in [1.54, 1.807) is 0 Å². The van der Waals surface area contributed by atoms with E-state index in [0.29, 0.717) is 12.2 Å². The lowest BCUT2D eigenvalue weighted by Gasteiger charge is -1.95. The van der Waals surface area contributed by atoms with E-state index in [0.717, 1.165) is 32.0 Å². The van der Waals surface area contributed by atoms with Crippen molar-refractivity contribution in [3.05, 3.63) is 29.8 Å². The molecule has 2 aliphatic heterocycles. The second-order valence-electron chi connectivity index (χ2n) is 4.48. The van der Waals surface area contributed by atoms with Crippen molar-refractivity contribution < 1.29 is 9.47 Å². The van der Waals surface area contributed by atoms with E-state index >= 15 is 0 Å². The lowest BCUT2D eigenvalue weighted by molar-refractivity contribution is 0.373. The zero-order chi connectivity index (χ0) is 12.1. The fourth-order valence-corrected chi connectivity index (χ4v) is 1.45. The molecule has 3 rings (SSSR count). The number of nitrogens with one attached hydrogen (secondary N) is 1. The van der Waals surface area contributed by atoms with Gasteiger partial charge in [0, 0.05) is 18.8 Å². The van der Waals surface area contributed by atoms with Gasteiger partial charge in [-0.2, -0.15) is 0 Å². The molecule has 2 unspecified atom stereocenters. The third kappa shape index (κ3) is 5.68. The summed E-state index contributed by atoms with van der Waals surface area (Å²) in [5.74, 6) is 0. The van der Waals surface area contributed by atoms with Gasteiger partial charge in [-0.25, -0.2) is 0 Å². The molecule has 1 aromatic carbocycles. The minimum absolute atomic E-state index is 0.503. The van der Waals surface area contributed by atoms with Crippen LogP contribution in [0.2, 0.25) is 0 Å². The maximum absolute atomic E-state index is 5.46. The molecule has 0 aromatic heterocycles. The van der Waals surface area contributed by atoms with Crippen LogP contribution in [0.25, 0.3) is 0 Å². The van der Waals surface area contributed by atoms with Crippen molar-refractivity contribution in [2.45, 2.75) is 19.1 Å². The highest BCUT2D eigenvalue weighted by Gasteiger charge is 2.25. The average Bonchev–Trinajstić information content (AvgIpc) is 3.13. The van der Waals surface area contributed by atoms with Crippen LogP contribution in [0.15, 0.2) is 24.3 Å². The van der Waals surface area contributed by atoms with Crippen LogP contribution in [0.3, 0.4) is 0 Å². The Balaban J connectivity index is 0.000000128. The molecular weight excluding hydrogens is 216 g/mol. The van der Waals surface area contributed by atoms with Crippen molar-refractivity contribution in [3.63, 3.8) is 0 Å². The molecule has 3 N–H and O–H groups in total. The van der Waals surface area contributed by atoms with Crippen molar-refractivity contribution in [3.8, 4) is 0 Å². The first-order valence-corrected chi connectivity index (χ1v) is 6.00. The predicted molar refractivity (Wildman–Crippen MR) is 67.9 cm³/mol. The van der Waals surface area contributed by atoms with E-state index in [2.05, 4.69) is 5.32 Å². The van der Waals surface area contributed by atoms with Crippen molar-refractivity contribution in [2.24, 2.45) is 0 Å². The summed E-state index contributed by atoms with van der Waals surface area (Å²) in [7, 11) is 0. The summed E-state index contributed by atoms with van der Waals surface area (Å²) in [5.41, 5.74) is 7.51. The highest BCUT2D eigenvalue weighted by atomic mass is 16.6. The molecule has 2 fully saturated rings. The first-order chi connectivity index (χ1) is 8.24. The fourth-order valence-electron chi connectivity index (χ4n) is 1.45. The quantitative estimate of drug-likeness (QED) is 0.603. The summed E-state index contributed by atoms with van der Waals surface area (Å²) in [6, 6.07) is 7.80. The Morgan fingerprint density at radius 3 is 2.18 bits per heavy atom. The molecule has 1 aromatic rings. The topological polar surface area (TPSA) is 63.1 Å². The SMILES string of the molecule is C(NCC1CO1)C1CO1.Cc1cccc(N)c1. The fraction of sp³-hybridized carbons (Fsp3) is 0.538. The van der Waals surface area contributed by atoms with Crippen LogP contribution >= 0.6 is 0 Å². The molecule has 0 amide bonds. The van der Waals surface area contributed by atoms with Gasteiger partial charge in [0.1, 0.15) is 0 Å². The Bertz CT molecular complexity index is 320. The molecule has 2 atom stereocenters. The average molecular weight is 236 g/mol. The Hall–Kier alpha value is -1.10. The summed E-state index contributed by atoms with van der Waals surface area (Å²) >= 11 is 0. The van der Waals surface area contributed by atoms with Gasteiger partial charge in [0.2, 0.25) is 0 Å². The smallest absolute Gasteiger partial charge is 0.0933 e. The normalized spacial score (nSPS) is 24.8. The van der Waals surface area contributed by atoms with Gasteiger partial charge in [-0.05, 0) is 24.6 Å². The third-order valence-corrected chi connectivity index (χ3v) is 2.59. The second-order valence-corrected chi connectivity index (χ2v) is 4.48. The molecule has 2 heterocycles. The van der Waals surface area contributed by atoms with Crippen LogP contribution in [-0.2, 0) is 9.47 Å². The summed E-state index contributed by atoms with van der Waals surface area (Å²) in [6.45, 7) is 5.91. The predicted octanol–water partition coefficient (Wildman–Crippen LogP) is 0.951. The Kier molecular flexibility index (Phi) is 4.36. The Morgan fingerprint density at radius 2 is 1.82 bits per heavy atom. The summed E-state index contributed by atoms with van der Waals surface area (Å²) in [5, 5.41) is 3.26. The molecule has 2 saturated heterocycles. The van der Waals surface area contributed by atoms with E-state index < -0.39 is 0 Å². The van der Waals surface area contributed by atoms with Crippen LogP contribution in [0.1, 0.15) is 5.56 Å². The molecule has 0 aliphatic carbocycles. The molecule has 4 heteroatoms. The van der Waals surface area contributed by atoms with Crippen LogP contribution in [0, 0.1) is 6.92 Å². The number of aryl methyl sites for hydroxylation is 1. The van der Waals surface area contributed by atoms with Crippen LogP contribution < -0.4 is 11.1 Å². The molecule has 0 radical (unpaired) electrons. The number of nitrogens with two attached hydrogens (primary N) is 1. The van der Waals surface area contributed by atoms with E-state index in [1.807, 2.05) is 31.2 Å². The molecular formula is C13H20N2O2. The van der Waals surface area contributed by atoms with Crippen molar-refractivity contribution in [1.29, 1.82) is 0 Å². The molecule has 94 valence electrons. The number of epoxide rings is 2. The van der Waals surface area contributed by atoms with Crippen LogP contribution in [0.4, 0.5) is 5.69 Å². The number of anilines is 1. The molecule has 2 aliphatic rings. The summed E-state index contributed by atoms with van der Waals surface area (Å²) < 4.78 is 10.0. The number of benzene rings is 1. The summed E-state index contributed by atoms with van der Waals surface area (Å²) in [6.07, 6.45) is 1.01. The first-order valence-electron chi connectivity index (χ1n) is 6.00. The van der Waals surface area contributed by atoms with E-state index in [4.69, 9.17) is 15.2 Å². The van der Waals surface area contributed by atoms with Gasteiger partial charge in [-0.1, -0.05) is 12.1 Å². The van der Waals surface area contributed by atoms with E-state index in [-0.39, 0.29) is 0 Å². The number of ether oxygens (including phenoxy) is 2. The maximum Gasteiger partial charge on any atom is 0.0933 e. The number of hydrogen-bond acceptors (Lipinski definition) is 4. The highest BCUT2D eigenvalue weighted by Crippen LogP contribution is 2.09. The Morgan fingerprint density at radius 1 is 1.24 bits per heavy atom. The van der Waals surface area contributed by atoms with Crippen LogP contribution in [0.5, 0.6) is 0 Å². The van der Waals surface area contributed by atoms with Gasteiger partial charge in [-0.15, -0.1) is 0 Å². The van der Waals surface area contributed by atoms with Crippen molar-refractivity contribution in [1.82, 2.24) is 5.32 Å². The second kappa shape index (κ2) is 6.00. The van der Waals surface area contributed by atoms with Gasteiger partial charge in [0.15, 0.2) is 0 Å². The van der Waals surface area contributed by atoms with Gasteiger partial charge >= 0.3 is 0 Å².